The Morgan fingerprint density at radius 3 is 2.95 bits per heavy atom. The number of ether oxygens (including phenoxy) is 2. The van der Waals surface area contributed by atoms with E-state index in [-0.39, 0.29) is 18.8 Å². The van der Waals surface area contributed by atoms with Crippen molar-refractivity contribution in [2.24, 2.45) is 0 Å². The average Bonchev–Trinajstić information content (AvgIpc) is 2.51. The third-order valence-electron chi connectivity index (χ3n) is 3.30. The molecule has 2 heterocycles. The maximum Gasteiger partial charge on any atom is 0.158 e. The van der Waals surface area contributed by atoms with Gasteiger partial charge in [0.15, 0.2) is 5.82 Å². The van der Waals surface area contributed by atoms with Crippen LogP contribution in [-0.4, -0.2) is 60.6 Å². The van der Waals surface area contributed by atoms with E-state index in [4.69, 9.17) is 9.47 Å². The van der Waals surface area contributed by atoms with E-state index < -0.39 is 0 Å². The molecule has 2 rings (SSSR count). The van der Waals surface area contributed by atoms with Gasteiger partial charge in [-0.15, -0.1) is 0 Å². The van der Waals surface area contributed by atoms with Crippen LogP contribution in [0.4, 0.5) is 11.6 Å². The van der Waals surface area contributed by atoms with Crippen molar-refractivity contribution in [2.75, 3.05) is 43.6 Å². The molecule has 2 N–H and O–H groups in total. The van der Waals surface area contributed by atoms with E-state index in [1.807, 2.05) is 27.0 Å². The molecule has 1 saturated heterocycles. The van der Waals surface area contributed by atoms with Crippen molar-refractivity contribution in [3.8, 4) is 0 Å². The number of nitrogens with one attached hydrogen (secondary N) is 1. The second kappa shape index (κ2) is 7.53. The lowest BCUT2D eigenvalue weighted by atomic mass is 10.2. The molecule has 21 heavy (non-hydrogen) atoms. The largest absolute Gasteiger partial charge is 0.394 e. The highest BCUT2D eigenvalue weighted by atomic mass is 16.5. The molecule has 7 nitrogen and oxygen atoms in total. The number of aliphatic hydroxyl groups excluding tert-OH is 1. The molecule has 1 aromatic heterocycles. The highest BCUT2D eigenvalue weighted by Gasteiger charge is 2.26. The molecule has 7 heteroatoms. The van der Waals surface area contributed by atoms with Crippen LogP contribution in [-0.2, 0) is 16.1 Å². The van der Waals surface area contributed by atoms with E-state index in [2.05, 4.69) is 20.2 Å². The van der Waals surface area contributed by atoms with Gasteiger partial charge in [0.1, 0.15) is 18.2 Å². The third-order valence-corrected chi connectivity index (χ3v) is 3.30. The molecule has 0 spiro atoms. The van der Waals surface area contributed by atoms with Crippen molar-refractivity contribution >= 4 is 11.6 Å². The van der Waals surface area contributed by atoms with Crippen molar-refractivity contribution in [3.05, 3.63) is 11.9 Å². The number of rotatable bonds is 6. The van der Waals surface area contributed by atoms with Gasteiger partial charge >= 0.3 is 0 Å². The Bertz CT molecular complexity index is 458. The summed E-state index contributed by atoms with van der Waals surface area (Å²) in [6, 6.07) is 1.90. The lowest BCUT2D eigenvalue weighted by molar-refractivity contribution is -0.0423. The standard InChI is InChI=1S/C14H24N4O3/c1-4-20-9-13-16-12(15-3)5-14(17-13)18-6-10(2)21-11(7-18)8-19/h5,10-11,19H,4,6-9H2,1-3H3,(H,15,16,17). The fraction of sp³-hybridized carbons (Fsp3) is 0.714. The Morgan fingerprint density at radius 1 is 1.48 bits per heavy atom. The summed E-state index contributed by atoms with van der Waals surface area (Å²) in [5.41, 5.74) is 0. The zero-order valence-corrected chi connectivity index (χ0v) is 12.9. The molecule has 0 saturated carbocycles. The fourth-order valence-corrected chi connectivity index (χ4v) is 2.36. The van der Waals surface area contributed by atoms with Gasteiger partial charge in [0.05, 0.1) is 18.8 Å². The molecule has 0 aliphatic carbocycles. The second-order valence-electron chi connectivity index (χ2n) is 5.07. The summed E-state index contributed by atoms with van der Waals surface area (Å²) in [6.45, 7) is 6.33. The van der Waals surface area contributed by atoms with Crippen LogP contribution in [0.15, 0.2) is 6.07 Å². The minimum Gasteiger partial charge on any atom is -0.394 e. The first kappa shape index (κ1) is 15.9. The van der Waals surface area contributed by atoms with Gasteiger partial charge in [-0.25, -0.2) is 9.97 Å². The minimum absolute atomic E-state index is 0.0105. The van der Waals surface area contributed by atoms with Crippen LogP contribution in [0.25, 0.3) is 0 Å². The summed E-state index contributed by atoms with van der Waals surface area (Å²) in [5.74, 6) is 2.24. The van der Waals surface area contributed by atoms with Crippen molar-refractivity contribution < 1.29 is 14.6 Å². The van der Waals surface area contributed by atoms with E-state index >= 15 is 0 Å². The topological polar surface area (TPSA) is 79.7 Å². The van der Waals surface area contributed by atoms with Crippen molar-refractivity contribution in [1.29, 1.82) is 0 Å². The van der Waals surface area contributed by atoms with Crippen LogP contribution < -0.4 is 10.2 Å². The molecule has 0 bridgehead atoms. The van der Waals surface area contributed by atoms with Gasteiger partial charge in [-0.1, -0.05) is 0 Å². The SMILES string of the molecule is CCOCc1nc(NC)cc(N2CC(C)OC(CO)C2)n1. The maximum absolute atomic E-state index is 9.33. The van der Waals surface area contributed by atoms with Gasteiger partial charge in [0, 0.05) is 32.8 Å². The molecular formula is C14H24N4O3. The Labute approximate surface area is 125 Å². The monoisotopic (exact) mass is 296 g/mol. The summed E-state index contributed by atoms with van der Waals surface area (Å²) < 4.78 is 11.1. The number of anilines is 2. The van der Waals surface area contributed by atoms with Gasteiger partial charge in [0.25, 0.3) is 0 Å². The van der Waals surface area contributed by atoms with Crippen LogP contribution in [0.2, 0.25) is 0 Å². The van der Waals surface area contributed by atoms with Gasteiger partial charge in [-0.3, -0.25) is 0 Å². The molecule has 1 aromatic rings. The summed E-state index contributed by atoms with van der Waals surface area (Å²) in [5, 5.41) is 12.4. The summed E-state index contributed by atoms with van der Waals surface area (Å²) in [7, 11) is 1.83. The van der Waals surface area contributed by atoms with E-state index in [1.165, 1.54) is 0 Å². The number of morpholine rings is 1. The Balaban J connectivity index is 2.20. The number of hydrogen-bond acceptors (Lipinski definition) is 7. The van der Waals surface area contributed by atoms with E-state index in [1.54, 1.807) is 0 Å². The number of aliphatic hydroxyl groups is 1. The molecule has 118 valence electrons. The van der Waals surface area contributed by atoms with Gasteiger partial charge in [-0.2, -0.15) is 0 Å². The second-order valence-corrected chi connectivity index (χ2v) is 5.07. The third kappa shape index (κ3) is 4.26. The van der Waals surface area contributed by atoms with E-state index in [0.717, 1.165) is 18.2 Å². The fourth-order valence-electron chi connectivity index (χ4n) is 2.36. The lowest BCUT2D eigenvalue weighted by Gasteiger charge is -2.37. The van der Waals surface area contributed by atoms with E-state index in [9.17, 15) is 5.11 Å². The van der Waals surface area contributed by atoms with Crippen molar-refractivity contribution in [2.45, 2.75) is 32.7 Å². The Kier molecular flexibility index (Phi) is 5.72. The molecule has 1 fully saturated rings. The molecular weight excluding hydrogens is 272 g/mol. The van der Waals surface area contributed by atoms with Gasteiger partial charge in [0.2, 0.25) is 0 Å². The van der Waals surface area contributed by atoms with Crippen LogP contribution >= 0.6 is 0 Å². The zero-order valence-electron chi connectivity index (χ0n) is 12.9. The predicted molar refractivity (Wildman–Crippen MR) is 80.5 cm³/mol. The molecule has 1 aliphatic rings. The van der Waals surface area contributed by atoms with Crippen LogP contribution in [0.1, 0.15) is 19.7 Å². The zero-order chi connectivity index (χ0) is 15.2. The summed E-state index contributed by atoms with van der Waals surface area (Å²) in [6.07, 6.45) is -0.128. The van der Waals surface area contributed by atoms with Gasteiger partial charge < -0.3 is 24.8 Å². The van der Waals surface area contributed by atoms with E-state index in [0.29, 0.717) is 25.6 Å². The smallest absolute Gasteiger partial charge is 0.158 e. The highest BCUT2D eigenvalue weighted by Crippen LogP contribution is 2.21. The Morgan fingerprint density at radius 2 is 2.29 bits per heavy atom. The number of hydrogen-bond donors (Lipinski definition) is 2. The van der Waals surface area contributed by atoms with Crippen LogP contribution in [0, 0.1) is 0 Å². The maximum atomic E-state index is 9.33. The first-order valence-electron chi connectivity index (χ1n) is 7.31. The lowest BCUT2D eigenvalue weighted by Crippen LogP contribution is -2.48. The first-order valence-corrected chi connectivity index (χ1v) is 7.31. The normalized spacial score (nSPS) is 22.4. The quantitative estimate of drug-likeness (QED) is 0.797. The molecule has 0 radical (unpaired) electrons. The number of nitrogens with zero attached hydrogens (tertiary/aromatic N) is 3. The van der Waals surface area contributed by atoms with Crippen LogP contribution in [0.3, 0.4) is 0 Å². The summed E-state index contributed by atoms with van der Waals surface area (Å²) >= 11 is 0. The first-order chi connectivity index (χ1) is 10.2. The van der Waals surface area contributed by atoms with Crippen molar-refractivity contribution in [1.82, 2.24) is 9.97 Å². The number of aromatic nitrogens is 2. The predicted octanol–water partition coefficient (Wildman–Crippen LogP) is 0.641. The molecule has 2 unspecified atom stereocenters. The minimum atomic E-state index is -0.183. The average molecular weight is 296 g/mol. The summed E-state index contributed by atoms with van der Waals surface area (Å²) in [4.78, 5) is 11.1. The Hall–Kier alpha value is -1.44. The highest BCUT2D eigenvalue weighted by molar-refractivity contribution is 5.49. The molecule has 1 aliphatic heterocycles. The molecule has 0 aromatic carbocycles. The van der Waals surface area contributed by atoms with Crippen LogP contribution in [0.5, 0.6) is 0 Å². The molecule has 2 atom stereocenters. The van der Waals surface area contributed by atoms with Gasteiger partial charge in [-0.05, 0) is 13.8 Å². The van der Waals surface area contributed by atoms with Crippen molar-refractivity contribution in [3.63, 3.8) is 0 Å². The molecule has 0 amide bonds.